The number of hydrogen-bond donors (Lipinski definition) is 0. The van der Waals surface area contributed by atoms with Crippen molar-refractivity contribution in [2.24, 2.45) is 4.99 Å². The number of hydrogen-bond acceptors (Lipinski definition) is 5. The summed E-state index contributed by atoms with van der Waals surface area (Å²) in [7, 11) is 1.69. The Kier molecular flexibility index (Phi) is 4.91. The van der Waals surface area contributed by atoms with Crippen molar-refractivity contribution in [3.05, 3.63) is 48.5 Å². The van der Waals surface area contributed by atoms with Gasteiger partial charge in [0.2, 0.25) is 0 Å². The number of thiocarbonyl (C=S) groups is 1. The van der Waals surface area contributed by atoms with Crippen molar-refractivity contribution in [3.63, 3.8) is 0 Å². The average molecular weight is 325 g/mol. The van der Waals surface area contributed by atoms with Crippen molar-refractivity contribution in [1.82, 2.24) is 0 Å². The third kappa shape index (κ3) is 3.70. The third-order valence-electron chi connectivity index (χ3n) is 4.11. The Labute approximate surface area is 142 Å². The van der Waals surface area contributed by atoms with Gasteiger partial charge >= 0.3 is 0 Å². The highest BCUT2D eigenvalue weighted by molar-refractivity contribution is 7.78. The Hall–Kier alpha value is -2.36. The molecule has 1 aliphatic heterocycles. The molecule has 0 amide bonds. The first kappa shape index (κ1) is 15.5. The number of isothiocyanates is 1. The van der Waals surface area contributed by atoms with Crippen LogP contribution < -0.4 is 14.5 Å². The Morgan fingerprint density at radius 3 is 1.78 bits per heavy atom. The highest BCUT2D eigenvalue weighted by atomic mass is 32.1. The first-order valence-corrected chi connectivity index (χ1v) is 8.03. The van der Waals surface area contributed by atoms with Crippen LogP contribution in [-0.4, -0.2) is 38.5 Å². The molecule has 0 unspecified atom stereocenters. The van der Waals surface area contributed by atoms with Gasteiger partial charge in [-0.05, 0) is 60.7 Å². The van der Waals surface area contributed by atoms with Gasteiger partial charge in [0.05, 0.1) is 18.0 Å². The van der Waals surface area contributed by atoms with E-state index < -0.39 is 0 Å². The number of piperazine rings is 1. The summed E-state index contributed by atoms with van der Waals surface area (Å²) < 4.78 is 5.21. The van der Waals surface area contributed by atoms with Gasteiger partial charge in [-0.1, -0.05) is 0 Å². The topological polar surface area (TPSA) is 28.1 Å². The maximum absolute atomic E-state index is 5.21. The molecule has 0 aromatic heterocycles. The molecule has 0 N–H and O–H groups in total. The van der Waals surface area contributed by atoms with E-state index in [4.69, 9.17) is 4.74 Å². The number of methoxy groups -OCH3 is 1. The molecule has 4 nitrogen and oxygen atoms in total. The summed E-state index contributed by atoms with van der Waals surface area (Å²) in [6, 6.07) is 16.4. The number of rotatable bonds is 4. The highest BCUT2D eigenvalue weighted by Gasteiger charge is 2.17. The third-order valence-corrected chi connectivity index (χ3v) is 4.20. The van der Waals surface area contributed by atoms with E-state index in [9.17, 15) is 0 Å². The zero-order chi connectivity index (χ0) is 16.1. The van der Waals surface area contributed by atoms with Gasteiger partial charge in [0.15, 0.2) is 0 Å². The number of nitrogens with zero attached hydrogens (tertiary/aromatic N) is 3. The maximum atomic E-state index is 5.21. The van der Waals surface area contributed by atoms with E-state index in [0.29, 0.717) is 0 Å². The molecule has 0 aliphatic carbocycles. The van der Waals surface area contributed by atoms with E-state index in [1.807, 2.05) is 24.3 Å². The van der Waals surface area contributed by atoms with Crippen molar-refractivity contribution in [2.75, 3.05) is 43.1 Å². The molecule has 0 saturated carbocycles. The van der Waals surface area contributed by atoms with Crippen LogP contribution in [0.2, 0.25) is 0 Å². The predicted octanol–water partition coefficient (Wildman–Crippen LogP) is 3.76. The fraction of sp³-hybridized carbons (Fsp3) is 0.278. The van der Waals surface area contributed by atoms with Crippen LogP contribution in [0.25, 0.3) is 0 Å². The van der Waals surface area contributed by atoms with Crippen LogP contribution in [0.4, 0.5) is 17.1 Å². The maximum Gasteiger partial charge on any atom is 0.119 e. The second-order valence-corrected chi connectivity index (χ2v) is 5.57. The molecule has 1 heterocycles. The van der Waals surface area contributed by atoms with Crippen molar-refractivity contribution in [3.8, 4) is 5.75 Å². The van der Waals surface area contributed by atoms with Crippen LogP contribution in [0.5, 0.6) is 5.75 Å². The van der Waals surface area contributed by atoms with E-state index in [2.05, 4.69) is 56.4 Å². The fourth-order valence-corrected chi connectivity index (χ4v) is 2.91. The molecule has 2 aromatic rings. The summed E-state index contributed by atoms with van der Waals surface area (Å²) in [5.74, 6) is 0.895. The molecule has 118 valence electrons. The second-order valence-electron chi connectivity index (χ2n) is 5.39. The van der Waals surface area contributed by atoms with Crippen LogP contribution in [0, 0.1) is 0 Å². The lowest BCUT2D eigenvalue weighted by atomic mass is 10.2. The van der Waals surface area contributed by atoms with E-state index >= 15 is 0 Å². The first-order chi connectivity index (χ1) is 11.3. The summed E-state index contributed by atoms with van der Waals surface area (Å²) in [6.45, 7) is 4.02. The predicted molar refractivity (Wildman–Crippen MR) is 98.5 cm³/mol. The number of ether oxygens (including phenoxy) is 1. The minimum absolute atomic E-state index is 0.848. The lowest BCUT2D eigenvalue weighted by Gasteiger charge is -2.37. The molecule has 2 aromatic carbocycles. The highest BCUT2D eigenvalue weighted by Crippen LogP contribution is 2.24. The van der Waals surface area contributed by atoms with Crippen LogP contribution in [-0.2, 0) is 0 Å². The molecule has 3 rings (SSSR count). The SMILES string of the molecule is COc1ccc(N2CCN(c3ccc(N=C=S)cc3)CC2)cc1. The van der Waals surface area contributed by atoms with Crippen molar-refractivity contribution in [1.29, 1.82) is 0 Å². The zero-order valence-electron chi connectivity index (χ0n) is 13.1. The summed E-state index contributed by atoms with van der Waals surface area (Å²) in [6.07, 6.45) is 0. The molecule has 23 heavy (non-hydrogen) atoms. The van der Waals surface area contributed by atoms with Gasteiger partial charge in [0, 0.05) is 37.6 Å². The van der Waals surface area contributed by atoms with Gasteiger partial charge in [0.1, 0.15) is 5.75 Å². The molecular formula is C18H19N3OS. The minimum Gasteiger partial charge on any atom is -0.497 e. The van der Waals surface area contributed by atoms with Crippen LogP contribution in [0.15, 0.2) is 53.5 Å². The number of benzene rings is 2. The lowest BCUT2D eigenvalue weighted by molar-refractivity contribution is 0.415. The Bertz CT molecular complexity index is 685. The average Bonchev–Trinajstić information content (AvgIpc) is 2.63. The Balaban J connectivity index is 1.62. The second kappa shape index (κ2) is 7.27. The van der Waals surface area contributed by atoms with Crippen LogP contribution in [0.1, 0.15) is 0 Å². The van der Waals surface area contributed by atoms with E-state index in [1.54, 1.807) is 7.11 Å². The van der Waals surface area contributed by atoms with E-state index in [1.165, 1.54) is 11.4 Å². The molecule has 0 atom stereocenters. The molecule has 0 radical (unpaired) electrons. The first-order valence-electron chi connectivity index (χ1n) is 7.62. The summed E-state index contributed by atoms with van der Waals surface area (Å²) in [5.41, 5.74) is 3.32. The standard InChI is InChI=1S/C18H19N3OS/c1-22-18-8-6-17(7-9-18)21-12-10-20(11-13-21)16-4-2-15(3-5-16)19-14-23/h2-9H,10-13H2,1H3. The largest absolute Gasteiger partial charge is 0.497 e. The van der Waals surface area contributed by atoms with Crippen LogP contribution >= 0.6 is 12.2 Å². The zero-order valence-corrected chi connectivity index (χ0v) is 13.9. The van der Waals surface area contributed by atoms with E-state index in [0.717, 1.165) is 37.6 Å². The van der Waals surface area contributed by atoms with Crippen molar-refractivity contribution < 1.29 is 4.74 Å². The quantitative estimate of drug-likeness (QED) is 0.632. The van der Waals surface area contributed by atoms with Gasteiger partial charge in [0.25, 0.3) is 0 Å². The molecular weight excluding hydrogens is 306 g/mol. The fourth-order valence-electron chi connectivity index (χ4n) is 2.81. The summed E-state index contributed by atoms with van der Waals surface area (Å²) in [4.78, 5) is 8.78. The number of aliphatic imine (C=N–C) groups is 1. The van der Waals surface area contributed by atoms with Gasteiger partial charge in [-0.3, -0.25) is 0 Å². The minimum atomic E-state index is 0.848. The van der Waals surface area contributed by atoms with Crippen LogP contribution in [0.3, 0.4) is 0 Å². The molecule has 1 saturated heterocycles. The normalized spacial score (nSPS) is 14.3. The molecule has 0 spiro atoms. The monoisotopic (exact) mass is 325 g/mol. The van der Waals surface area contributed by atoms with Gasteiger partial charge in [-0.25, -0.2) is 0 Å². The molecule has 0 bridgehead atoms. The summed E-state index contributed by atoms with van der Waals surface area (Å²) in [5, 5.41) is 2.39. The van der Waals surface area contributed by atoms with Gasteiger partial charge in [-0.15, -0.1) is 0 Å². The molecule has 1 aliphatic rings. The van der Waals surface area contributed by atoms with Crippen molar-refractivity contribution >= 4 is 34.4 Å². The van der Waals surface area contributed by atoms with Gasteiger partial charge in [-0.2, -0.15) is 4.99 Å². The summed E-state index contributed by atoms with van der Waals surface area (Å²) >= 11 is 4.63. The number of anilines is 2. The van der Waals surface area contributed by atoms with E-state index in [-0.39, 0.29) is 0 Å². The Morgan fingerprint density at radius 2 is 1.35 bits per heavy atom. The lowest BCUT2D eigenvalue weighted by Crippen LogP contribution is -2.46. The van der Waals surface area contributed by atoms with Gasteiger partial charge < -0.3 is 14.5 Å². The molecule has 1 fully saturated rings. The Morgan fingerprint density at radius 1 is 0.870 bits per heavy atom. The smallest absolute Gasteiger partial charge is 0.119 e. The van der Waals surface area contributed by atoms with Crippen molar-refractivity contribution in [2.45, 2.75) is 0 Å². The molecule has 5 heteroatoms.